The minimum Gasteiger partial charge on any atom is -0.395 e. The lowest BCUT2D eigenvalue weighted by Gasteiger charge is -2.43. The molecule has 22 heteroatoms. The van der Waals surface area contributed by atoms with Crippen LogP contribution in [0.2, 0.25) is 0 Å². The molecular weight excluding hydrogens is 585 g/mol. The molecule has 0 aliphatic heterocycles. The molecule has 0 aromatic rings. The van der Waals surface area contributed by atoms with E-state index in [4.69, 9.17) is 5.11 Å². The lowest BCUT2D eigenvalue weighted by Crippen LogP contribution is -2.75. The number of hydrogen-bond acceptors (Lipinski definition) is 3. The molecule has 218 valence electrons. The van der Waals surface area contributed by atoms with Crippen LogP contribution in [0.1, 0.15) is 19.8 Å². The molecule has 0 aliphatic carbocycles. The Balaban J connectivity index is 6.99. The van der Waals surface area contributed by atoms with Crippen LogP contribution in [0.25, 0.3) is 0 Å². The lowest BCUT2D eigenvalue weighted by atomic mass is 9.91. The largest absolute Gasteiger partial charge is 0.460 e. The Morgan fingerprint density at radius 1 is 0.583 bits per heavy atom. The monoisotopic (exact) mass is 599 g/mol. The van der Waals surface area contributed by atoms with Crippen molar-refractivity contribution in [1.29, 1.82) is 0 Å². The first-order valence-electron chi connectivity index (χ1n) is 8.84. The SMILES string of the molecule is CCCCN(CCO)S(=O)(=O)C(F)(F)C(F)(F)C(F)(F)C(F)(F)C(F)(F)C(F)(F)C(F)(F)C(F)(F)F. The minimum atomic E-state index is -8.87. The van der Waals surface area contributed by atoms with E-state index in [0.717, 1.165) is 0 Å². The molecule has 0 unspecified atom stereocenters. The molecule has 4 nitrogen and oxygen atoms in total. The van der Waals surface area contributed by atoms with Crippen LogP contribution in [0.4, 0.5) is 74.6 Å². The fourth-order valence-electron chi connectivity index (χ4n) is 2.27. The van der Waals surface area contributed by atoms with Crippen LogP contribution in [0.15, 0.2) is 0 Å². The van der Waals surface area contributed by atoms with Crippen LogP contribution in [0.3, 0.4) is 0 Å². The van der Waals surface area contributed by atoms with E-state index in [1.807, 2.05) is 0 Å². The standard InChI is InChI=1S/C14H14F17NO3S/c1-2-3-4-32(5-6-33)36(34,35)14(30,31)12(25,26)10(21,22)8(17,18)7(15,16)9(19,20)11(23,24)13(27,28)29/h33H,2-6H2,1H3. The number of aliphatic hydroxyl groups excluding tert-OH is 1. The topological polar surface area (TPSA) is 57.6 Å². The Kier molecular flexibility index (Phi) is 9.41. The molecule has 0 atom stereocenters. The van der Waals surface area contributed by atoms with Gasteiger partial charge in [-0.1, -0.05) is 13.3 Å². The van der Waals surface area contributed by atoms with Crippen LogP contribution < -0.4 is 0 Å². The summed E-state index contributed by atoms with van der Waals surface area (Å²) in [5.41, 5.74) is 0. The highest BCUT2D eigenvalue weighted by atomic mass is 32.2. The Bertz CT molecular complexity index is 868. The maximum Gasteiger partial charge on any atom is 0.460 e. The molecule has 0 fully saturated rings. The molecule has 0 aromatic heterocycles. The first-order valence-corrected chi connectivity index (χ1v) is 10.3. The van der Waals surface area contributed by atoms with Gasteiger partial charge in [0, 0.05) is 13.1 Å². The van der Waals surface area contributed by atoms with Gasteiger partial charge < -0.3 is 5.11 Å². The predicted molar refractivity (Wildman–Crippen MR) is 83.2 cm³/mol. The van der Waals surface area contributed by atoms with Gasteiger partial charge in [0.15, 0.2) is 0 Å². The lowest BCUT2D eigenvalue weighted by molar-refractivity contribution is -0.458. The number of sulfonamides is 1. The van der Waals surface area contributed by atoms with Gasteiger partial charge in [-0.2, -0.15) is 78.9 Å². The summed E-state index contributed by atoms with van der Waals surface area (Å²) in [5, 5.41) is 1.04. The van der Waals surface area contributed by atoms with Crippen LogP contribution in [-0.4, -0.2) is 84.5 Å². The maximum atomic E-state index is 14.1. The zero-order valence-electron chi connectivity index (χ0n) is 17.1. The van der Waals surface area contributed by atoms with Gasteiger partial charge in [-0.05, 0) is 6.42 Å². The van der Waals surface area contributed by atoms with E-state index in [9.17, 15) is 83.1 Å². The van der Waals surface area contributed by atoms with E-state index in [0.29, 0.717) is 0 Å². The quantitative estimate of drug-likeness (QED) is 0.290. The van der Waals surface area contributed by atoms with E-state index in [-0.39, 0.29) is 6.42 Å². The second kappa shape index (κ2) is 9.77. The summed E-state index contributed by atoms with van der Waals surface area (Å²) in [6.07, 6.45) is -8.56. The number of nitrogens with zero attached hydrogens (tertiary/aromatic N) is 1. The van der Waals surface area contributed by atoms with Gasteiger partial charge in [-0.15, -0.1) is 0 Å². The molecule has 0 saturated heterocycles. The number of halogens is 17. The summed E-state index contributed by atoms with van der Waals surface area (Å²) < 4.78 is 248. The third-order valence-corrected chi connectivity index (χ3v) is 6.42. The van der Waals surface area contributed by atoms with Crippen LogP contribution in [-0.2, 0) is 10.0 Å². The molecule has 0 amide bonds. The van der Waals surface area contributed by atoms with Crippen molar-refractivity contribution in [3.63, 3.8) is 0 Å². The molecule has 0 aromatic carbocycles. The van der Waals surface area contributed by atoms with Crippen LogP contribution >= 0.6 is 0 Å². The molecule has 0 spiro atoms. The highest BCUT2D eigenvalue weighted by molar-refractivity contribution is 7.90. The van der Waals surface area contributed by atoms with Gasteiger partial charge >= 0.3 is 47.0 Å². The summed E-state index contributed by atoms with van der Waals surface area (Å²) in [6, 6.07) is 0. The zero-order chi connectivity index (χ0) is 29.6. The highest BCUT2D eigenvalue weighted by Crippen LogP contribution is 2.64. The Hall–Kier alpha value is -1.32. The van der Waals surface area contributed by atoms with Crippen molar-refractivity contribution in [2.24, 2.45) is 0 Å². The van der Waals surface area contributed by atoms with Gasteiger partial charge in [0.05, 0.1) is 6.61 Å². The Morgan fingerprint density at radius 2 is 0.917 bits per heavy atom. The predicted octanol–water partition coefficient (Wildman–Crippen LogP) is 5.38. The van der Waals surface area contributed by atoms with Gasteiger partial charge in [-0.25, -0.2) is 8.42 Å². The molecule has 1 N–H and O–H groups in total. The van der Waals surface area contributed by atoms with Crippen molar-refractivity contribution in [2.45, 2.75) is 66.7 Å². The number of alkyl halides is 17. The molecule has 0 radical (unpaired) electrons. The van der Waals surface area contributed by atoms with Gasteiger partial charge in [-0.3, -0.25) is 0 Å². The fraction of sp³-hybridized carbons (Fsp3) is 1.00. The van der Waals surface area contributed by atoms with Crippen molar-refractivity contribution < 1.29 is 88.2 Å². The van der Waals surface area contributed by atoms with Crippen molar-refractivity contribution in [3.05, 3.63) is 0 Å². The zero-order valence-corrected chi connectivity index (χ0v) is 17.9. The van der Waals surface area contributed by atoms with E-state index in [1.165, 1.54) is 6.92 Å². The Labute approximate surface area is 190 Å². The van der Waals surface area contributed by atoms with Crippen LogP contribution in [0, 0.1) is 0 Å². The number of hydrogen-bond donors (Lipinski definition) is 1. The summed E-state index contributed by atoms with van der Waals surface area (Å²) >= 11 is 0. The normalized spacial score (nSPS) is 16.1. The summed E-state index contributed by atoms with van der Waals surface area (Å²) in [7, 11) is -7.35. The number of aliphatic hydroxyl groups is 1. The van der Waals surface area contributed by atoms with Crippen molar-refractivity contribution >= 4 is 10.0 Å². The second-order valence-corrected chi connectivity index (χ2v) is 8.92. The van der Waals surface area contributed by atoms with Crippen molar-refractivity contribution in [1.82, 2.24) is 4.31 Å². The first kappa shape index (κ1) is 34.7. The van der Waals surface area contributed by atoms with Crippen LogP contribution in [0.5, 0.6) is 0 Å². The van der Waals surface area contributed by atoms with E-state index in [1.54, 1.807) is 0 Å². The fourth-order valence-corrected chi connectivity index (χ4v) is 3.74. The maximum absolute atomic E-state index is 14.1. The van der Waals surface area contributed by atoms with E-state index in [2.05, 4.69) is 0 Å². The molecular formula is C14H14F17NO3S. The van der Waals surface area contributed by atoms with E-state index >= 15 is 0 Å². The molecule has 0 aliphatic rings. The molecule has 36 heavy (non-hydrogen) atoms. The summed E-state index contributed by atoms with van der Waals surface area (Å²) in [5.74, 6) is -51.8. The van der Waals surface area contributed by atoms with Crippen molar-refractivity contribution in [2.75, 3.05) is 19.7 Å². The first-order chi connectivity index (χ1) is 15.5. The number of rotatable bonds is 13. The average molecular weight is 599 g/mol. The summed E-state index contributed by atoms with van der Waals surface area (Å²) in [4.78, 5) is 0. The molecule has 0 heterocycles. The number of unbranched alkanes of at least 4 members (excludes halogenated alkanes) is 1. The molecule has 0 bridgehead atoms. The smallest absolute Gasteiger partial charge is 0.395 e. The van der Waals surface area contributed by atoms with E-state index < -0.39 is 87.4 Å². The third kappa shape index (κ3) is 4.68. The average Bonchev–Trinajstić information content (AvgIpc) is 2.68. The minimum absolute atomic E-state index is 0.137. The highest BCUT2D eigenvalue weighted by Gasteiger charge is 2.96. The van der Waals surface area contributed by atoms with Gasteiger partial charge in [0.2, 0.25) is 0 Å². The second-order valence-electron chi connectivity index (χ2n) is 6.94. The third-order valence-electron chi connectivity index (χ3n) is 4.47. The van der Waals surface area contributed by atoms with Gasteiger partial charge in [0.25, 0.3) is 10.0 Å². The summed E-state index contributed by atoms with van der Waals surface area (Å²) in [6.45, 7) is -3.17. The van der Waals surface area contributed by atoms with Gasteiger partial charge in [0.1, 0.15) is 0 Å². The Morgan fingerprint density at radius 3 is 1.22 bits per heavy atom. The van der Waals surface area contributed by atoms with Crippen molar-refractivity contribution in [3.8, 4) is 0 Å². The molecule has 0 rings (SSSR count). The molecule has 0 saturated carbocycles.